The third-order valence-corrected chi connectivity index (χ3v) is 4.15. The van der Waals surface area contributed by atoms with Crippen LogP contribution >= 0.6 is 0 Å². The van der Waals surface area contributed by atoms with Gasteiger partial charge < -0.3 is 29.2 Å². The first kappa shape index (κ1) is 20.9. The van der Waals surface area contributed by atoms with Gasteiger partial charge in [-0.3, -0.25) is 5.32 Å². The number of fused-ring (bicyclic) bond motifs is 1. The molecule has 1 amide bonds. The van der Waals surface area contributed by atoms with E-state index in [0.717, 1.165) is 24.3 Å². The number of nitrogens with one attached hydrogen (secondary N) is 1. The van der Waals surface area contributed by atoms with Crippen LogP contribution < -0.4 is 14.8 Å². The molecule has 30 heavy (non-hydrogen) atoms. The molecular formula is C20H18FNO8. The summed E-state index contributed by atoms with van der Waals surface area (Å²) in [5, 5.41) is 20.8. The van der Waals surface area contributed by atoms with Gasteiger partial charge in [0.15, 0.2) is 29.2 Å². The average molecular weight is 419 g/mol. The molecule has 1 heterocycles. The van der Waals surface area contributed by atoms with Crippen molar-refractivity contribution in [2.45, 2.75) is 12.2 Å². The molecule has 1 aliphatic rings. The number of carbonyl (C=O) groups is 2. The van der Waals surface area contributed by atoms with Gasteiger partial charge in [-0.1, -0.05) is 6.07 Å². The molecule has 0 bridgehead atoms. The average Bonchev–Trinajstić information content (AvgIpc) is 3.17. The van der Waals surface area contributed by atoms with Crippen molar-refractivity contribution in [3.05, 3.63) is 59.9 Å². The van der Waals surface area contributed by atoms with Crippen molar-refractivity contribution >= 4 is 17.7 Å². The molecule has 158 valence electrons. The molecule has 0 radical (unpaired) electrons. The van der Waals surface area contributed by atoms with Gasteiger partial charge in [-0.15, -0.1) is 0 Å². The second-order valence-corrected chi connectivity index (χ2v) is 6.13. The normalized spacial score (nSPS) is 14.3. The topological polar surface area (TPSA) is 124 Å². The minimum atomic E-state index is -1.24. The molecule has 10 heteroatoms. The molecule has 0 unspecified atom stereocenters. The molecule has 0 spiro atoms. The Kier molecular flexibility index (Phi) is 6.38. The van der Waals surface area contributed by atoms with Crippen molar-refractivity contribution in [3.63, 3.8) is 0 Å². The van der Waals surface area contributed by atoms with E-state index in [0.29, 0.717) is 17.2 Å². The zero-order valence-corrected chi connectivity index (χ0v) is 15.7. The van der Waals surface area contributed by atoms with Gasteiger partial charge in [0.25, 0.3) is 0 Å². The minimum absolute atomic E-state index is 0.0726. The van der Waals surface area contributed by atoms with Gasteiger partial charge in [0, 0.05) is 24.9 Å². The quantitative estimate of drug-likeness (QED) is 0.585. The number of halogens is 1. The highest BCUT2D eigenvalue weighted by atomic mass is 19.1. The second kappa shape index (κ2) is 9.14. The van der Waals surface area contributed by atoms with Gasteiger partial charge in [0.2, 0.25) is 6.79 Å². The molecule has 0 saturated carbocycles. The van der Waals surface area contributed by atoms with Crippen LogP contribution in [0.25, 0.3) is 0 Å². The summed E-state index contributed by atoms with van der Waals surface area (Å²) in [6.07, 6.45) is -1.19. The molecule has 1 aliphatic heterocycles. The number of hydrogen-bond acceptors (Lipinski definition) is 7. The van der Waals surface area contributed by atoms with E-state index in [2.05, 4.69) is 5.32 Å². The molecular weight excluding hydrogens is 401 g/mol. The summed E-state index contributed by atoms with van der Waals surface area (Å²) in [6.45, 7) is 0.0726. The fourth-order valence-electron chi connectivity index (χ4n) is 2.74. The van der Waals surface area contributed by atoms with Crippen LogP contribution in [0, 0.1) is 5.82 Å². The lowest BCUT2D eigenvalue weighted by molar-refractivity contribution is -0.131. The van der Waals surface area contributed by atoms with Crippen molar-refractivity contribution in [1.82, 2.24) is 0 Å². The molecule has 3 N–H and O–H groups in total. The van der Waals surface area contributed by atoms with Crippen LogP contribution in [0.1, 0.15) is 11.7 Å². The number of aromatic hydroxyl groups is 1. The van der Waals surface area contributed by atoms with Gasteiger partial charge in [-0.25, -0.2) is 14.0 Å². The van der Waals surface area contributed by atoms with Crippen LogP contribution in [0.5, 0.6) is 17.2 Å². The number of aliphatic carboxylic acids is 1. The number of phenolic OH excluding ortho intramolecular Hbond substituents is 1. The predicted octanol–water partition coefficient (Wildman–Crippen LogP) is 3.21. The largest absolute Gasteiger partial charge is 0.505 e. The highest BCUT2D eigenvalue weighted by Crippen LogP contribution is 2.34. The molecule has 9 nitrogen and oxygen atoms in total. The Hall–Kier alpha value is -3.79. The van der Waals surface area contributed by atoms with Crippen LogP contribution in [0.15, 0.2) is 48.6 Å². The Labute approximate surface area is 170 Å². The van der Waals surface area contributed by atoms with Gasteiger partial charge in [0.05, 0.1) is 0 Å². The molecule has 0 aliphatic carbocycles. The number of phenols is 1. The van der Waals surface area contributed by atoms with E-state index < -0.39 is 35.8 Å². The number of hydrogen-bond donors (Lipinski definition) is 3. The lowest BCUT2D eigenvalue weighted by Gasteiger charge is -2.24. The summed E-state index contributed by atoms with van der Waals surface area (Å²) < 4.78 is 34.9. The molecule has 0 fully saturated rings. The third kappa shape index (κ3) is 4.97. The summed E-state index contributed by atoms with van der Waals surface area (Å²) in [5.74, 6) is -1.78. The molecule has 2 aromatic rings. The zero-order chi connectivity index (χ0) is 21.7. The monoisotopic (exact) mass is 419 g/mol. The molecule has 2 atom stereocenters. The number of anilines is 1. The maximum absolute atomic E-state index is 13.8. The van der Waals surface area contributed by atoms with E-state index in [1.807, 2.05) is 0 Å². The fourth-order valence-corrected chi connectivity index (χ4v) is 2.74. The van der Waals surface area contributed by atoms with Crippen LogP contribution in [0.2, 0.25) is 0 Å². The molecule has 2 aromatic carbocycles. The van der Waals surface area contributed by atoms with E-state index in [4.69, 9.17) is 24.1 Å². The van der Waals surface area contributed by atoms with Gasteiger partial charge in [-0.2, -0.15) is 0 Å². The maximum Gasteiger partial charge on any atom is 0.412 e. The lowest BCUT2D eigenvalue weighted by Crippen LogP contribution is -2.27. The lowest BCUT2D eigenvalue weighted by atomic mass is 10.0. The van der Waals surface area contributed by atoms with Crippen molar-refractivity contribution in [2.75, 3.05) is 19.2 Å². The zero-order valence-electron chi connectivity index (χ0n) is 15.7. The number of methoxy groups -OCH3 is 1. The van der Waals surface area contributed by atoms with Crippen molar-refractivity contribution in [3.8, 4) is 17.2 Å². The number of amides is 1. The van der Waals surface area contributed by atoms with E-state index in [-0.39, 0.29) is 12.4 Å². The highest BCUT2D eigenvalue weighted by Gasteiger charge is 2.27. The number of benzene rings is 2. The Morgan fingerprint density at radius 2 is 1.97 bits per heavy atom. The number of rotatable bonds is 7. The van der Waals surface area contributed by atoms with Gasteiger partial charge in [-0.05, 0) is 35.9 Å². The Morgan fingerprint density at radius 3 is 2.67 bits per heavy atom. The van der Waals surface area contributed by atoms with Gasteiger partial charge >= 0.3 is 12.1 Å². The Morgan fingerprint density at radius 1 is 1.20 bits per heavy atom. The van der Waals surface area contributed by atoms with E-state index in [9.17, 15) is 19.1 Å². The molecule has 0 saturated heterocycles. The van der Waals surface area contributed by atoms with Crippen molar-refractivity contribution in [2.24, 2.45) is 0 Å². The summed E-state index contributed by atoms with van der Waals surface area (Å²) in [6, 6.07) is 8.11. The predicted molar refractivity (Wildman–Crippen MR) is 101 cm³/mol. The first-order chi connectivity index (χ1) is 14.4. The van der Waals surface area contributed by atoms with E-state index >= 15 is 0 Å². The Bertz CT molecular complexity index is 977. The number of ether oxygens (including phenoxy) is 4. The van der Waals surface area contributed by atoms with E-state index in [1.54, 1.807) is 12.1 Å². The summed E-state index contributed by atoms with van der Waals surface area (Å²) in [7, 11) is 1.28. The first-order valence-corrected chi connectivity index (χ1v) is 8.67. The summed E-state index contributed by atoms with van der Waals surface area (Å²) in [4.78, 5) is 23.3. The number of carbonyl (C=O) groups excluding carboxylic acids is 1. The van der Waals surface area contributed by atoms with Gasteiger partial charge in [0.1, 0.15) is 6.10 Å². The number of carboxylic acid groups (broad SMARTS) is 1. The van der Waals surface area contributed by atoms with Crippen LogP contribution in [-0.2, 0) is 14.3 Å². The first-order valence-electron chi connectivity index (χ1n) is 8.67. The molecule has 3 rings (SSSR count). The minimum Gasteiger partial charge on any atom is -0.505 e. The molecule has 0 aromatic heterocycles. The number of carboxylic acids is 1. The fraction of sp³-hybridized carbons (Fsp3) is 0.200. The van der Waals surface area contributed by atoms with Crippen LogP contribution in [0.4, 0.5) is 14.9 Å². The smallest absolute Gasteiger partial charge is 0.412 e. The second-order valence-electron chi connectivity index (χ2n) is 6.13. The summed E-state index contributed by atoms with van der Waals surface area (Å²) in [5.41, 5.74) is 0.503. The SMILES string of the molecule is CO[C@H](/C=C/C(=O)O)[C@H](OC(=O)Nc1ccc2c(c1)OCO2)c1ccc(O)c(F)c1. The van der Waals surface area contributed by atoms with E-state index in [1.165, 1.54) is 19.2 Å². The standard InChI is InChI=1S/C20H18FNO8/c1-27-16(6-7-18(24)25)19(11-2-4-14(23)13(21)8-11)30-20(26)22-12-3-5-15-17(9-12)29-10-28-15/h2-9,16,19,23H,10H2,1H3,(H,22,26)(H,24,25)/b7-6+/t16-,19-/m1/s1. The summed E-state index contributed by atoms with van der Waals surface area (Å²) >= 11 is 0. The third-order valence-electron chi connectivity index (χ3n) is 4.15. The maximum atomic E-state index is 13.8. The van der Waals surface area contributed by atoms with Crippen LogP contribution in [0.3, 0.4) is 0 Å². The highest BCUT2D eigenvalue weighted by molar-refractivity contribution is 5.85. The van der Waals surface area contributed by atoms with Crippen LogP contribution in [-0.4, -0.2) is 42.3 Å². The Balaban J connectivity index is 1.82. The van der Waals surface area contributed by atoms with Crippen molar-refractivity contribution < 1.29 is 43.1 Å². The van der Waals surface area contributed by atoms with Crippen molar-refractivity contribution in [1.29, 1.82) is 0 Å².